The zero-order chi connectivity index (χ0) is 49.9. The first kappa shape index (κ1) is 52.4. The molecule has 0 aliphatic carbocycles. The fourth-order valence-corrected chi connectivity index (χ4v) is 6.07. The number of ether oxygens (including phenoxy) is 4. The SMILES string of the molecule is Cc1cc(C(=O)Nc2ccc(CN=C(NC(=O)OC(C)(C)C)NC(=O)OC(C)(C)C)cc2)ccc1C(=O)Nc1ccc(C2=CCN(/C(=N/C(=O)OC(C)(C)C)NC(=O)OC(C)(C)C)CC2)cc1. The van der Waals surface area contributed by atoms with Crippen LogP contribution in [-0.4, -0.2) is 88.5 Å². The van der Waals surface area contributed by atoms with Crippen molar-refractivity contribution in [1.29, 1.82) is 0 Å². The van der Waals surface area contributed by atoms with E-state index in [0.717, 1.165) is 11.1 Å². The number of nitrogens with zero attached hydrogens (tertiary/aromatic N) is 3. The summed E-state index contributed by atoms with van der Waals surface area (Å²) in [7, 11) is 0. The number of aliphatic imine (C=N–C) groups is 2. The van der Waals surface area contributed by atoms with Crippen molar-refractivity contribution in [3.8, 4) is 0 Å². The molecule has 1 aliphatic heterocycles. The van der Waals surface area contributed by atoms with E-state index >= 15 is 0 Å². The van der Waals surface area contributed by atoms with Crippen LogP contribution < -0.4 is 26.6 Å². The molecule has 1 heterocycles. The number of carbonyl (C=O) groups excluding carboxylic acids is 6. The summed E-state index contributed by atoms with van der Waals surface area (Å²) in [6.45, 7) is 23.2. The highest BCUT2D eigenvalue weighted by Crippen LogP contribution is 2.25. The second-order valence-electron chi connectivity index (χ2n) is 19.6. The van der Waals surface area contributed by atoms with Gasteiger partial charge >= 0.3 is 24.4 Å². The molecular weight excluding hydrogens is 861 g/mol. The maximum atomic E-state index is 13.4. The third-order valence-corrected chi connectivity index (χ3v) is 8.83. The lowest BCUT2D eigenvalue weighted by Gasteiger charge is -2.30. The van der Waals surface area contributed by atoms with E-state index in [2.05, 4.69) is 36.6 Å². The monoisotopic (exact) mass is 924 g/mol. The van der Waals surface area contributed by atoms with E-state index in [9.17, 15) is 28.8 Å². The van der Waals surface area contributed by atoms with Gasteiger partial charge in [-0.25, -0.2) is 24.2 Å². The quantitative estimate of drug-likeness (QED) is 0.0852. The zero-order valence-corrected chi connectivity index (χ0v) is 40.7. The highest BCUT2D eigenvalue weighted by Gasteiger charge is 2.26. The number of alkyl carbamates (subject to hydrolysis) is 3. The van der Waals surface area contributed by atoms with Gasteiger partial charge in [-0.15, -0.1) is 4.99 Å². The second-order valence-corrected chi connectivity index (χ2v) is 19.6. The maximum absolute atomic E-state index is 13.4. The zero-order valence-electron chi connectivity index (χ0n) is 40.7. The first-order valence-corrected chi connectivity index (χ1v) is 21.7. The Balaban J connectivity index is 1.35. The molecule has 0 radical (unpaired) electrons. The Hall–Kier alpha value is -7.24. The lowest BCUT2D eigenvalue weighted by atomic mass is 9.99. The van der Waals surface area contributed by atoms with Crippen LogP contribution in [0.4, 0.5) is 30.6 Å². The van der Waals surface area contributed by atoms with E-state index in [-0.39, 0.29) is 30.3 Å². The largest absolute Gasteiger partial charge is 0.444 e. The average molecular weight is 925 g/mol. The summed E-state index contributed by atoms with van der Waals surface area (Å²) in [5, 5.41) is 13.3. The molecule has 0 bridgehead atoms. The van der Waals surface area contributed by atoms with Crippen LogP contribution in [-0.2, 0) is 25.5 Å². The Morgan fingerprint density at radius 1 is 0.612 bits per heavy atom. The van der Waals surface area contributed by atoms with Gasteiger partial charge in [-0.05, 0) is 161 Å². The van der Waals surface area contributed by atoms with E-state index in [0.29, 0.717) is 53.1 Å². The highest BCUT2D eigenvalue weighted by molar-refractivity contribution is 6.08. The van der Waals surface area contributed by atoms with Gasteiger partial charge in [0.05, 0.1) is 6.54 Å². The van der Waals surface area contributed by atoms with Crippen molar-refractivity contribution in [3.05, 3.63) is 101 Å². The van der Waals surface area contributed by atoms with Gasteiger partial charge in [-0.3, -0.25) is 25.5 Å². The summed E-state index contributed by atoms with van der Waals surface area (Å²) in [6, 6.07) is 19.1. The standard InChI is InChI=1S/C49H64N8O10/c1-30-28-34(38(58)51-35-19-14-31(15-20-35)29-50-40(53-42(60)64-46(2,3)4)54-43(61)65-47(5,6)7)18-23-37(30)39(59)52-36-21-16-32(17-22-36)33-24-26-57(27-25-33)41(55-44(62)66-48(8,9)10)56-45(63)67-49(11,12)13/h14-24,28H,25-27,29H2,1-13H3,(H,51,58)(H,52,59)(H,55,56,62,63)(H2,50,53,54,60,61). The van der Waals surface area contributed by atoms with Crippen LogP contribution in [0.2, 0.25) is 0 Å². The molecule has 67 heavy (non-hydrogen) atoms. The third-order valence-electron chi connectivity index (χ3n) is 8.83. The number of amides is 6. The number of carbonyl (C=O) groups is 6. The topological polar surface area (TPSA) is 227 Å². The minimum absolute atomic E-state index is 0.0231. The summed E-state index contributed by atoms with van der Waals surface area (Å²) >= 11 is 0. The van der Waals surface area contributed by atoms with Crippen LogP contribution in [0.5, 0.6) is 0 Å². The minimum Gasteiger partial charge on any atom is -0.444 e. The molecule has 0 saturated heterocycles. The van der Waals surface area contributed by atoms with Crippen molar-refractivity contribution >= 4 is 65.1 Å². The van der Waals surface area contributed by atoms with E-state index in [1.165, 1.54) is 0 Å². The Morgan fingerprint density at radius 2 is 1.10 bits per heavy atom. The van der Waals surface area contributed by atoms with E-state index in [1.807, 2.05) is 18.2 Å². The molecule has 0 atom stereocenters. The summed E-state index contributed by atoms with van der Waals surface area (Å²) in [5.41, 5.74) is 2.01. The number of aryl methyl sites for hydroxylation is 1. The molecule has 3 aromatic rings. The van der Waals surface area contributed by atoms with Gasteiger partial charge in [0, 0.05) is 35.6 Å². The highest BCUT2D eigenvalue weighted by atomic mass is 16.6. The summed E-state index contributed by atoms with van der Waals surface area (Å²) in [6.07, 6.45) is -0.653. The van der Waals surface area contributed by atoms with E-state index in [4.69, 9.17) is 18.9 Å². The first-order chi connectivity index (χ1) is 31.0. The van der Waals surface area contributed by atoms with Crippen molar-refractivity contribution < 1.29 is 47.7 Å². The number of anilines is 2. The fourth-order valence-electron chi connectivity index (χ4n) is 6.07. The molecule has 0 saturated carbocycles. The smallest absolute Gasteiger partial charge is 0.437 e. The second kappa shape index (κ2) is 21.8. The molecule has 4 rings (SSSR count). The van der Waals surface area contributed by atoms with Crippen LogP contribution in [0.3, 0.4) is 0 Å². The van der Waals surface area contributed by atoms with Crippen molar-refractivity contribution in [2.45, 2.75) is 125 Å². The molecule has 1 aliphatic rings. The lowest BCUT2D eigenvalue weighted by Crippen LogP contribution is -2.48. The van der Waals surface area contributed by atoms with Crippen molar-refractivity contribution in [2.24, 2.45) is 9.98 Å². The van der Waals surface area contributed by atoms with E-state index in [1.54, 1.807) is 150 Å². The molecule has 360 valence electrons. The van der Waals surface area contributed by atoms with Gasteiger partial charge < -0.3 is 34.5 Å². The Labute approximate surface area is 392 Å². The van der Waals surface area contributed by atoms with Crippen LogP contribution in [0.1, 0.15) is 127 Å². The molecule has 5 N–H and O–H groups in total. The van der Waals surface area contributed by atoms with Gasteiger partial charge in [0.1, 0.15) is 22.4 Å². The number of guanidine groups is 2. The van der Waals surface area contributed by atoms with Gasteiger partial charge in [0.15, 0.2) is 0 Å². The van der Waals surface area contributed by atoms with Crippen molar-refractivity contribution in [1.82, 2.24) is 20.9 Å². The molecule has 18 heteroatoms. The first-order valence-electron chi connectivity index (χ1n) is 21.7. The number of hydrogen-bond donors (Lipinski definition) is 5. The van der Waals surface area contributed by atoms with Gasteiger partial charge in [-0.1, -0.05) is 30.3 Å². The predicted molar refractivity (Wildman–Crippen MR) is 257 cm³/mol. The minimum atomic E-state index is -0.841. The Bertz CT molecular complexity index is 2370. The average Bonchev–Trinajstić information content (AvgIpc) is 3.17. The molecule has 3 aromatic carbocycles. The maximum Gasteiger partial charge on any atom is 0.437 e. The summed E-state index contributed by atoms with van der Waals surface area (Å²) in [5.74, 6) is -0.864. The number of benzene rings is 3. The molecule has 18 nitrogen and oxygen atoms in total. The van der Waals surface area contributed by atoms with Gasteiger partial charge in [0.25, 0.3) is 11.8 Å². The van der Waals surface area contributed by atoms with Crippen molar-refractivity contribution in [2.75, 3.05) is 23.7 Å². The molecule has 0 spiro atoms. The third kappa shape index (κ3) is 18.6. The van der Waals surface area contributed by atoms with E-state index < -0.39 is 46.8 Å². The lowest BCUT2D eigenvalue weighted by molar-refractivity contribution is 0.0528. The molecule has 0 unspecified atom stereocenters. The normalized spacial score (nSPS) is 13.2. The van der Waals surface area contributed by atoms with Crippen LogP contribution in [0, 0.1) is 6.92 Å². The van der Waals surface area contributed by atoms with Crippen molar-refractivity contribution in [3.63, 3.8) is 0 Å². The number of nitrogens with one attached hydrogen (secondary N) is 5. The molecule has 6 amide bonds. The predicted octanol–water partition coefficient (Wildman–Crippen LogP) is 9.31. The Kier molecular flexibility index (Phi) is 17.1. The van der Waals surface area contributed by atoms with Crippen LogP contribution in [0.15, 0.2) is 82.8 Å². The number of rotatable bonds is 7. The fraction of sp³-hybridized carbons (Fsp3) is 0.429. The summed E-state index contributed by atoms with van der Waals surface area (Å²) in [4.78, 5) is 86.8. The van der Waals surface area contributed by atoms with Crippen LogP contribution >= 0.6 is 0 Å². The molecule has 0 aromatic heterocycles. The number of hydrogen-bond acceptors (Lipinski definition) is 11. The molecular formula is C49H64N8O10. The summed E-state index contributed by atoms with van der Waals surface area (Å²) < 4.78 is 21.3. The Morgan fingerprint density at radius 3 is 1.58 bits per heavy atom. The van der Waals surface area contributed by atoms with Crippen LogP contribution in [0.25, 0.3) is 5.57 Å². The van der Waals surface area contributed by atoms with Gasteiger partial charge in [0.2, 0.25) is 11.9 Å². The molecule has 0 fully saturated rings. The van der Waals surface area contributed by atoms with Gasteiger partial charge in [-0.2, -0.15) is 0 Å².